The van der Waals surface area contributed by atoms with Crippen LogP contribution in [0.2, 0.25) is 0 Å². The minimum atomic E-state index is -0.101. The molecule has 0 aromatic heterocycles. The van der Waals surface area contributed by atoms with E-state index in [1.807, 2.05) is 0 Å². The third-order valence-electron chi connectivity index (χ3n) is 5.37. The van der Waals surface area contributed by atoms with Crippen LogP contribution in [-0.4, -0.2) is 65.8 Å². The minimum Gasteiger partial charge on any atom is -0.369 e. The van der Waals surface area contributed by atoms with Gasteiger partial charge in [0.05, 0.1) is 11.2 Å². The first kappa shape index (κ1) is 13.8. The first-order valence-corrected chi connectivity index (χ1v) is 7.71. The second-order valence-corrected chi connectivity index (χ2v) is 7.76. The highest BCUT2D eigenvalue weighted by Crippen LogP contribution is 2.44. The maximum absolute atomic E-state index is 6.69. The number of nitrogens with zero attached hydrogens (tertiary/aromatic N) is 2. The molecule has 0 spiro atoms. The van der Waals surface area contributed by atoms with Crippen LogP contribution in [0, 0.1) is 5.92 Å². The van der Waals surface area contributed by atoms with Crippen molar-refractivity contribution >= 4 is 0 Å². The Labute approximate surface area is 117 Å². The Balaban J connectivity index is 1.75. The lowest BCUT2D eigenvalue weighted by molar-refractivity contribution is -0.0835. The molecule has 4 heterocycles. The molecule has 3 atom stereocenters. The second kappa shape index (κ2) is 4.42. The Kier molecular flexibility index (Phi) is 3.21. The second-order valence-electron chi connectivity index (χ2n) is 7.76. The van der Waals surface area contributed by atoms with E-state index >= 15 is 0 Å². The number of piperazine rings is 3. The van der Waals surface area contributed by atoms with Gasteiger partial charge in [-0.25, -0.2) is 0 Å². The van der Waals surface area contributed by atoms with Gasteiger partial charge < -0.3 is 10.5 Å². The Morgan fingerprint density at radius 1 is 1.11 bits per heavy atom. The molecular weight excluding hydrogens is 238 g/mol. The average molecular weight is 267 g/mol. The summed E-state index contributed by atoms with van der Waals surface area (Å²) in [7, 11) is 0. The van der Waals surface area contributed by atoms with Crippen molar-refractivity contribution in [2.24, 2.45) is 11.7 Å². The standard InChI is InChI=1S/C15H29N3O/c1-14(2)9-11(15(3,4)19-14)13(16)12-10-17-5-7-18(12)8-6-17/h11-13H,5-10,16H2,1-4H3. The van der Waals surface area contributed by atoms with Gasteiger partial charge in [0.15, 0.2) is 0 Å². The van der Waals surface area contributed by atoms with Crippen LogP contribution in [0.25, 0.3) is 0 Å². The van der Waals surface area contributed by atoms with Crippen molar-refractivity contribution in [3.8, 4) is 0 Å². The summed E-state index contributed by atoms with van der Waals surface area (Å²) in [5.74, 6) is 0.452. The molecule has 0 saturated carbocycles. The fraction of sp³-hybridized carbons (Fsp3) is 1.00. The molecule has 4 aliphatic heterocycles. The monoisotopic (exact) mass is 267 g/mol. The molecule has 0 radical (unpaired) electrons. The van der Waals surface area contributed by atoms with Gasteiger partial charge in [0.2, 0.25) is 0 Å². The van der Waals surface area contributed by atoms with Gasteiger partial charge in [0.25, 0.3) is 0 Å². The highest BCUT2D eigenvalue weighted by molar-refractivity contribution is 5.04. The molecule has 0 amide bonds. The smallest absolute Gasteiger partial charge is 0.0678 e. The molecule has 4 saturated heterocycles. The van der Waals surface area contributed by atoms with E-state index in [0.29, 0.717) is 12.0 Å². The van der Waals surface area contributed by atoms with Crippen LogP contribution in [0.3, 0.4) is 0 Å². The van der Waals surface area contributed by atoms with Crippen molar-refractivity contribution in [3.05, 3.63) is 0 Å². The van der Waals surface area contributed by atoms with Gasteiger partial charge in [-0.15, -0.1) is 0 Å². The summed E-state index contributed by atoms with van der Waals surface area (Å²) in [4.78, 5) is 5.17. The number of rotatable bonds is 2. The molecule has 4 rings (SSSR count). The van der Waals surface area contributed by atoms with Crippen molar-refractivity contribution in [3.63, 3.8) is 0 Å². The molecule has 4 heteroatoms. The molecule has 0 aromatic carbocycles. The van der Waals surface area contributed by atoms with E-state index in [0.717, 1.165) is 13.0 Å². The molecule has 110 valence electrons. The normalized spacial score (nSPS) is 45.3. The highest BCUT2D eigenvalue weighted by Gasteiger charge is 2.51. The van der Waals surface area contributed by atoms with Crippen molar-refractivity contribution in [2.75, 3.05) is 32.7 Å². The Hall–Kier alpha value is -0.160. The van der Waals surface area contributed by atoms with Crippen LogP contribution in [-0.2, 0) is 4.74 Å². The molecular formula is C15H29N3O. The van der Waals surface area contributed by atoms with E-state index in [-0.39, 0.29) is 17.2 Å². The maximum Gasteiger partial charge on any atom is 0.0678 e. The van der Waals surface area contributed by atoms with E-state index < -0.39 is 0 Å². The fourth-order valence-electron chi connectivity index (χ4n) is 4.50. The van der Waals surface area contributed by atoms with E-state index in [4.69, 9.17) is 10.5 Å². The summed E-state index contributed by atoms with van der Waals surface area (Å²) in [5.41, 5.74) is 6.55. The van der Waals surface area contributed by atoms with E-state index in [1.165, 1.54) is 26.2 Å². The van der Waals surface area contributed by atoms with Gasteiger partial charge >= 0.3 is 0 Å². The minimum absolute atomic E-state index is 0.0327. The van der Waals surface area contributed by atoms with Gasteiger partial charge in [0.1, 0.15) is 0 Å². The molecule has 4 fully saturated rings. The lowest BCUT2D eigenvalue weighted by Gasteiger charge is -2.51. The summed E-state index contributed by atoms with van der Waals surface area (Å²) in [5, 5.41) is 0. The Morgan fingerprint density at radius 3 is 2.16 bits per heavy atom. The van der Waals surface area contributed by atoms with E-state index in [1.54, 1.807) is 0 Å². The zero-order valence-corrected chi connectivity index (χ0v) is 12.9. The molecule has 19 heavy (non-hydrogen) atoms. The van der Waals surface area contributed by atoms with Gasteiger partial charge in [-0.2, -0.15) is 0 Å². The van der Waals surface area contributed by atoms with Crippen molar-refractivity contribution in [1.29, 1.82) is 0 Å². The number of fused-ring (bicyclic) bond motifs is 3. The summed E-state index contributed by atoms with van der Waals surface area (Å²) >= 11 is 0. The lowest BCUT2D eigenvalue weighted by atomic mass is 9.78. The quantitative estimate of drug-likeness (QED) is 0.807. The Bertz CT molecular complexity index is 347. The van der Waals surface area contributed by atoms with Gasteiger partial charge in [-0.05, 0) is 34.1 Å². The first-order chi connectivity index (χ1) is 8.78. The molecule has 3 unspecified atom stereocenters. The van der Waals surface area contributed by atoms with Crippen LogP contribution in [0.4, 0.5) is 0 Å². The van der Waals surface area contributed by atoms with Crippen molar-refractivity contribution in [1.82, 2.24) is 9.80 Å². The number of nitrogens with two attached hydrogens (primary N) is 1. The number of hydrogen-bond donors (Lipinski definition) is 1. The number of ether oxygens (including phenoxy) is 1. The first-order valence-electron chi connectivity index (χ1n) is 7.71. The lowest BCUT2D eigenvalue weighted by Crippen LogP contribution is -2.67. The van der Waals surface area contributed by atoms with Gasteiger partial charge in [0, 0.05) is 50.7 Å². The van der Waals surface area contributed by atoms with Crippen molar-refractivity contribution < 1.29 is 4.74 Å². The fourth-order valence-corrected chi connectivity index (χ4v) is 4.50. The predicted octanol–water partition coefficient (Wildman–Crippen LogP) is 0.907. The molecule has 2 N–H and O–H groups in total. The van der Waals surface area contributed by atoms with Gasteiger partial charge in [-0.3, -0.25) is 9.80 Å². The molecule has 4 aliphatic rings. The zero-order valence-electron chi connectivity index (χ0n) is 12.9. The zero-order chi connectivity index (χ0) is 13.8. The molecule has 4 nitrogen and oxygen atoms in total. The van der Waals surface area contributed by atoms with Crippen LogP contribution < -0.4 is 5.73 Å². The molecule has 0 aliphatic carbocycles. The average Bonchev–Trinajstić information content (AvgIpc) is 2.58. The highest BCUT2D eigenvalue weighted by atomic mass is 16.5. The largest absolute Gasteiger partial charge is 0.369 e. The van der Waals surface area contributed by atoms with Crippen LogP contribution in [0.15, 0.2) is 0 Å². The van der Waals surface area contributed by atoms with E-state index in [2.05, 4.69) is 37.5 Å². The number of hydrogen-bond acceptors (Lipinski definition) is 4. The molecule has 2 bridgehead atoms. The maximum atomic E-state index is 6.69. The predicted molar refractivity (Wildman–Crippen MR) is 77.1 cm³/mol. The molecule has 0 aromatic rings. The van der Waals surface area contributed by atoms with Crippen molar-refractivity contribution in [2.45, 2.75) is 57.4 Å². The van der Waals surface area contributed by atoms with Gasteiger partial charge in [-0.1, -0.05) is 0 Å². The third-order valence-corrected chi connectivity index (χ3v) is 5.37. The topological polar surface area (TPSA) is 41.7 Å². The van der Waals surface area contributed by atoms with Crippen LogP contribution >= 0.6 is 0 Å². The third kappa shape index (κ3) is 2.44. The van der Waals surface area contributed by atoms with Crippen LogP contribution in [0.5, 0.6) is 0 Å². The summed E-state index contributed by atoms with van der Waals surface area (Å²) in [6.45, 7) is 14.8. The summed E-state index contributed by atoms with van der Waals surface area (Å²) in [6.07, 6.45) is 1.07. The van der Waals surface area contributed by atoms with E-state index in [9.17, 15) is 0 Å². The Morgan fingerprint density at radius 2 is 1.74 bits per heavy atom. The SMILES string of the molecule is CC1(C)CC(C(N)C2CN3CCN2CC3)C(C)(C)O1. The van der Waals surface area contributed by atoms with Crippen LogP contribution in [0.1, 0.15) is 34.1 Å². The summed E-state index contributed by atoms with van der Waals surface area (Å²) in [6, 6.07) is 0.740. The summed E-state index contributed by atoms with van der Waals surface area (Å²) < 4.78 is 6.23.